The summed E-state index contributed by atoms with van der Waals surface area (Å²) in [6.45, 7) is 6.42. The second kappa shape index (κ2) is 5.48. The van der Waals surface area contributed by atoms with Crippen molar-refractivity contribution in [3.8, 4) is 0 Å². The van der Waals surface area contributed by atoms with E-state index in [9.17, 15) is 0 Å². The fourth-order valence-corrected chi connectivity index (χ4v) is 1.42. The minimum absolute atomic E-state index is 0.847. The highest BCUT2D eigenvalue weighted by Gasteiger charge is 2.14. The summed E-state index contributed by atoms with van der Waals surface area (Å²) in [4.78, 5) is 2.43. The zero-order valence-electron chi connectivity index (χ0n) is 8.05. The van der Waals surface area contributed by atoms with Crippen molar-refractivity contribution in [1.29, 1.82) is 0 Å². The normalized spacial score (nSPS) is 21.5. The Morgan fingerprint density at radius 3 is 2.42 bits per heavy atom. The molecule has 1 rings (SSSR count). The first kappa shape index (κ1) is 9.92. The lowest BCUT2D eigenvalue weighted by atomic mass is 10.3. The second-order valence-corrected chi connectivity index (χ2v) is 3.05. The van der Waals surface area contributed by atoms with Crippen LogP contribution in [0.2, 0.25) is 0 Å². The molecule has 0 aromatic heterocycles. The number of hydrogen-bond donors (Lipinski definition) is 1. The molecule has 0 bridgehead atoms. The third kappa shape index (κ3) is 3.06. The van der Waals surface area contributed by atoms with Crippen LogP contribution in [0.15, 0.2) is 0 Å². The van der Waals surface area contributed by atoms with Gasteiger partial charge in [0.25, 0.3) is 0 Å². The van der Waals surface area contributed by atoms with Crippen LogP contribution in [-0.2, 0) is 4.74 Å². The summed E-state index contributed by atoms with van der Waals surface area (Å²) in [7, 11) is 3.73. The Labute approximate surface area is 74.4 Å². The summed E-state index contributed by atoms with van der Waals surface area (Å²) in [5.74, 6) is 0. The smallest absolute Gasteiger partial charge is 0.0589 e. The SMILES string of the molecule is CNN1CCN(CCOC)CC1. The number of piperazine rings is 1. The van der Waals surface area contributed by atoms with Crippen molar-refractivity contribution in [2.45, 2.75) is 0 Å². The maximum atomic E-state index is 5.03. The molecule has 0 spiro atoms. The van der Waals surface area contributed by atoms with Crippen LogP contribution in [0, 0.1) is 0 Å². The average molecular weight is 173 g/mol. The molecule has 0 aromatic rings. The average Bonchev–Trinajstić information content (AvgIpc) is 2.15. The highest BCUT2D eigenvalue weighted by Crippen LogP contribution is 1.97. The van der Waals surface area contributed by atoms with Gasteiger partial charge in [0, 0.05) is 39.8 Å². The van der Waals surface area contributed by atoms with E-state index >= 15 is 0 Å². The zero-order valence-corrected chi connectivity index (χ0v) is 8.05. The molecule has 1 heterocycles. The van der Waals surface area contributed by atoms with Gasteiger partial charge in [-0.3, -0.25) is 10.3 Å². The molecule has 1 aliphatic heterocycles. The molecule has 1 N–H and O–H groups in total. The number of hydrogen-bond acceptors (Lipinski definition) is 4. The first-order chi connectivity index (χ1) is 5.86. The van der Waals surface area contributed by atoms with Gasteiger partial charge in [0.2, 0.25) is 0 Å². The molecule has 0 radical (unpaired) electrons. The predicted molar refractivity (Wildman–Crippen MR) is 48.9 cm³/mol. The molecule has 1 saturated heterocycles. The Balaban J connectivity index is 2.09. The van der Waals surface area contributed by atoms with E-state index in [1.807, 2.05) is 7.05 Å². The van der Waals surface area contributed by atoms with Crippen LogP contribution in [0.25, 0.3) is 0 Å². The molecular formula is C8H19N3O. The molecule has 0 aromatic carbocycles. The number of methoxy groups -OCH3 is 1. The summed E-state index contributed by atoms with van der Waals surface area (Å²) in [5, 5.41) is 2.24. The lowest BCUT2D eigenvalue weighted by Crippen LogP contribution is -2.51. The van der Waals surface area contributed by atoms with Crippen molar-refractivity contribution in [3.63, 3.8) is 0 Å². The highest BCUT2D eigenvalue weighted by atomic mass is 16.5. The molecule has 0 amide bonds. The third-order valence-electron chi connectivity index (χ3n) is 2.30. The number of nitrogens with zero attached hydrogens (tertiary/aromatic N) is 2. The topological polar surface area (TPSA) is 27.7 Å². The fourth-order valence-electron chi connectivity index (χ4n) is 1.42. The van der Waals surface area contributed by atoms with E-state index in [1.165, 1.54) is 0 Å². The summed E-state index contributed by atoms with van der Waals surface area (Å²) >= 11 is 0. The third-order valence-corrected chi connectivity index (χ3v) is 2.30. The van der Waals surface area contributed by atoms with E-state index in [1.54, 1.807) is 7.11 Å². The maximum absolute atomic E-state index is 5.03. The van der Waals surface area contributed by atoms with Crippen molar-refractivity contribution in [3.05, 3.63) is 0 Å². The standard InChI is InChI=1S/C8H19N3O/c1-9-11-5-3-10(4-6-11)7-8-12-2/h9H,3-8H2,1-2H3. The number of rotatable bonds is 4. The van der Waals surface area contributed by atoms with Gasteiger partial charge in [0.15, 0.2) is 0 Å². The lowest BCUT2D eigenvalue weighted by Gasteiger charge is -2.33. The monoisotopic (exact) mass is 173 g/mol. The lowest BCUT2D eigenvalue weighted by molar-refractivity contribution is 0.0762. The van der Waals surface area contributed by atoms with Crippen molar-refractivity contribution in [1.82, 2.24) is 15.3 Å². The zero-order chi connectivity index (χ0) is 8.81. The van der Waals surface area contributed by atoms with Crippen LogP contribution >= 0.6 is 0 Å². The largest absolute Gasteiger partial charge is 0.383 e. The van der Waals surface area contributed by atoms with Gasteiger partial charge in [-0.15, -0.1) is 0 Å². The minimum Gasteiger partial charge on any atom is -0.383 e. The van der Waals surface area contributed by atoms with E-state index in [0.29, 0.717) is 0 Å². The van der Waals surface area contributed by atoms with Gasteiger partial charge in [-0.1, -0.05) is 0 Å². The second-order valence-electron chi connectivity index (χ2n) is 3.05. The molecule has 4 nitrogen and oxygen atoms in total. The first-order valence-corrected chi connectivity index (χ1v) is 4.50. The van der Waals surface area contributed by atoms with Gasteiger partial charge in [-0.2, -0.15) is 0 Å². The Bertz CT molecular complexity index is 113. The molecule has 0 unspecified atom stereocenters. The Morgan fingerprint density at radius 2 is 1.92 bits per heavy atom. The summed E-state index contributed by atoms with van der Waals surface area (Å²) in [5.41, 5.74) is 3.16. The van der Waals surface area contributed by atoms with Crippen LogP contribution in [0.1, 0.15) is 0 Å². The number of ether oxygens (including phenoxy) is 1. The molecule has 72 valence electrons. The maximum Gasteiger partial charge on any atom is 0.0589 e. The van der Waals surface area contributed by atoms with Gasteiger partial charge in [0.1, 0.15) is 0 Å². The molecule has 4 heteroatoms. The van der Waals surface area contributed by atoms with Gasteiger partial charge >= 0.3 is 0 Å². The summed E-state index contributed by atoms with van der Waals surface area (Å²) in [6, 6.07) is 0. The van der Waals surface area contributed by atoms with E-state index in [-0.39, 0.29) is 0 Å². The number of nitrogens with one attached hydrogen (secondary N) is 1. The Morgan fingerprint density at radius 1 is 1.25 bits per heavy atom. The van der Waals surface area contributed by atoms with Crippen LogP contribution in [0.5, 0.6) is 0 Å². The predicted octanol–water partition coefficient (Wildman–Crippen LogP) is -0.615. The summed E-state index contributed by atoms with van der Waals surface area (Å²) < 4.78 is 5.03. The van der Waals surface area contributed by atoms with Gasteiger partial charge in [-0.25, -0.2) is 5.01 Å². The van der Waals surface area contributed by atoms with E-state index in [0.717, 1.165) is 39.3 Å². The van der Waals surface area contributed by atoms with Crippen LogP contribution in [0.4, 0.5) is 0 Å². The molecule has 1 aliphatic rings. The minimum atomic E-state index is 0.847. The van der Waals surface area contributed by atoms with Gasteiger partial charge in [-0.05, 0) is 7.05 Å². The number of hydrazine groups is 1. The molecule has 12 heavy (non-hydrogen) atoms. The Kier molecular flexibility index (Phi) is 4.53. The van der Waals surface area contributed by atoms with Crippen molar-refractivity contribution in [2.75, 3.05) is 53.5 Å². The van der Waals surface area contributed by atoms with Crippen LogP contribution in [-0.4, -0.2) is 63.4 Å². The van der Waals surface area contributed by atoms with E-state index in [4.69, 9.17) is 4.74 Å². The van der Waals surface area contributed by atoms with Gasteiger partial charge in [0.05, 0.1) is 6.61 Å². The van der Waals surface area contributed by atoms with Crippen molar-refractivity contribution < 1.29 is 4.74 Å². The molecular weight excluding hydrogens is 154 g/mol. The fraction of sp³-hybridized carbons (Fsp3) is 1.00. The van der Waals surface area contributed by atoms with Crippen molar-refractivity contribution >= 4 is 0 Å². The molecule has 0 atom stereocenters. The Hall–Kier alpha value is -0.160. The first-order valence-electron chi connectivity index (χ1n) is 4.50. The quantitative estimate of drug-likeness (QED) is 0.613. The summed E-state index contributed by atoms with van der Waals surface area (Å²) in [6.07, 6.45) is 0. The van der Waals surface area contributed by atoms with E-state index < -0.39 is 0 Å². The van der Waals surface area contributed by atoms with Crippen LogP contribution in [0.3, 0.4) is 0 Å². The molecule has 0 aliphatic carbocycles. The van der Waals surface area contributed by atoms with Gasteiger partial charge < -0.3 is 4.74 Å². The highest BCUT2D eigenvalue weighted by molar-refractivity contribution is 4.68. The van der Waals surface area contributed by atoms with Crippen molar-refractivity contribution in [2.24, 2.45) is 0 Å². The van der Waals surface area contributed by atoms with E-state index in [2.05, 4.69) is 15.3 Å². The molecule has 1 fully saturated rings. The van der Waals surface area contributed by atoms with Crippen LogP contribution < -0.4 is 5.43 Å². The molecule has 0 saturated carbocycles.